The van der Waals surface area contributed by atoms with Crippen LogP contribution in [0.1, 0.15) is 42.0 Å². The van der Waals surface area contributed by atoms with Gasteiger partial charge in [-0.3, -0.25) is 4.79 Å². The maximum absolute atomic E-state index is 11.2. The van der Waals surface area contributed by atoms with Crippen molar-refractivity contribution in [3.63, 3.8) is 0 Å². The summed E-state index contributed by atoms with van der Waals surface area (Å²) in [5.74, 6) is 1.61. The molecule has 5 rings (SSSR count). The molecule has 1 heterocycles. The van der Waals surface area contributed by atoms with Crippen molar-refractivity contribution in [2.45, 2.75) is 46.3 Å². The summed E-state index contributed by atoms with van der Waals surface area (Å²) in [5, 5.41) is 2.88. The quantitative estimate of drug-likeness (QED) is 0.149. The van der Waals surface area contributed by atoms with Crippen LogP contribution in [-0.2, 0) is 24.4 Å². The summed E-state index contributed by atoms with van der Waals surface area (Å²) in [4.78, 5) is 11.2. The second-order valence-electron chi connectivity index (χ2n) is 10.5. The molecule has 1 amide bonds. The molecule has 0 atom stereocenters. The van der Waals surface area contributed by atoms with Crippen LogP contribution in [0.4, 0.5) is 0 Å². The first kappa shape index (κ1) is 28.7. The van der Waals surface area contributed by atoms with E-state index >= 15 is 0 Å². The lowest BCUT2D eigenvalue weighted by molar-refractivity contribution is -0.118. The van der Waals surface area contributed by atoms with E-state index in [9.17, 15) is 4.79 Å². The van der Waals surface area contributed by atoms with Gasteiger partial charge in [0.15, 0.2) is 0 Å². The van der Waals surface area contributed by atoms with Gasteiger partial charge in [0.05, 0.1) is 0 Å². The lowest BCUT2D eigenvalue weighted by atomic mass is 9.97. The van der Waals surface area contributed by atoms with Crippen molar-refractivity contribution in [1.29, 1.82) is 0 Å². The molecule has 5 aromatic rings. The number of ether oxygens (including phenoxy) is 2. The van der Waals surface area contributed by atoms with Gasteiger partial charge in [0.25, 0.3) is 0 Å². The molecule has 1 aromatic heterocycles. The van der Waals surface area contributed by atoms with Gasteiger partial charge in [0.1, 0.15) is 24.7 Å². The minimum atomic E-state index is 0.00667. The topological polar surface area (TPSA) is 52.5 Å². The fourth-order valence-corrected chi connectivity index (χ4v) is 5.08. The highest BCUT2D eigenvalue weighted by atomic mass is 16.5. The van der Waals surface area contributed by atoms with Gasteiger partial charge in [0.2, 0.25) is 5.91 Å². The van der Waals surface area contributed by atoms with Crippen LogP contribution in [0.3, 0.4) is 0 Å². The summed E-state index contributed by atoms with van der Waals surface area (Å²) >= 11 is 0. The average molecular weight is 559 g/mol. The molecule has 4 aromatic carbocycles. The number of carbonyl (C=O) groups excluding carboxylic acids is 1. The summed E-state index contributed by atoms with van der Waals surface area (Å²) in [6.07, 6.45) is 6.80. The number of hydrogen-bond acceptors (Lipinski definition) is 3. The van der Waals surface area contributed by atoms with Crippen LogP contribution in [0.15, 0.2) is 116 Å². The van der Waals surface area contributed by atoms with Crippen molar-refractivity contribution in [1.82, 2.24) is 9.88 Å². The number of unbranched alkanes of at least 4 members (excludes halogenated alkanes) is 1. The van der Waals surface area contributed by atoms with Crippen LogP contribution in [0.25, 0.3) is 16.8 Å². The van der Waals surface area contributed by atoms with Gasteiger partial charge in [-0.15, -0.1) is 0 Å². The monoisotopic (exact) mass is 558 g/mol. The fraction of sp³-hybridized carbons (Fsp3) is 0.216. The van der Waals surface area contributed by atoms with Gasteiger partial charge in [-0.1, -0.05) is 66.7 Å². The second-order valence-corrected chi connectivity index (χ2v) is 10.5. The molecule has 0 aliphatic heterocycles. The molecule has 0 saturated heterocycles. The molecule has 5 heteroatoms. The van der Waals surface area contributed by atoms with E-state index in [1.165, 1.54) is 16.7 Å². The number of aromatic nitrogens is 1. The van der Waals surface area contributed by atoms with Crippen LogP contribution in [0.5, 0.6) is 11.5 Å². The standard InChI is InChI=1S/C37H38N2O3/c1-28-33(16-11-18-36(28)31-13-4-3-5-14-31)27-41-35-20-19-32(15-6-7-21-38-29(2)40)37(25-35)42-26-30-12-10-17-34(24-30)39-22-8-9-23-39/h3-5,8-14,16-20,22-25H,6-7,15,21,26-27H2,1-2H3,(H,38,40). The average Bonchev–Trinajstić information content (AvgIpc) is 3.56. The van der Waals surface area contributed by atoms with Crippen molar-refractivity contribution < 1.29 is 14.3 Å². The predicted molar refractivity (Wildman–Crippen MR) is 169 cm³/mol. The van der Waals surface area contributed by atoms with Crippen molar-refractivity contribution >= 4 is 5.91 Å². The molecule has 1 N–H and O–H groups in total. The van der Waals surface area contributed by atoms with Crippen molar-refractivity contribution in [3.8, 4) is 28.3 Å². The number of benzene rings is 4. The zero-order valence-corrected chi connectivity index (χ0v) is 24.4. The van der Waals surface area contributed by atoms with E-state index in [1.807, 2.05) is 42.7 Å². The minimum absolute atomic E-state index is 0.00667. The number of amides is 1. The van der Waals surface area contributed by atoms with E-state index in [0.717, 1.165) is 53.1 Å². The summed E-state index contributed by atoms with van der Waals surface area (Å²) < 4.78 is 14.8. The van der Waals surface area contributed by atoms with Crippen LogP contribution in [0.2, 0.25) is 0 Å². The Hall–Kier alpha value is -4.77. The number of hydrogen-bond donors (Lipinski definition) is 1. The molecule has 0 spiro atoms. The minimum Gasteiger partial charge on any atom is -0.489 e. The third-order valence-electron chi connectivity index (χ3n) is 7.42. The highest BCUT2D eigenvalue weighted by molar-refractivity contribution is 5.72. The van der Waals surface area contributed by atoms with Gasteiger partial charge in [-0.05, 0) is 89.9 Å². The van der Waals surface area contributed by atoms with Gasteiger partial charge in [-0.25, -0.2) is 0 Å². The van der Waals surface area contributed by atoms with E-state index in [1.54, 1.807) is 6.92 Å². The summed E-state index contributed by atoms with van der Waals surface area (Å²) in [7, 11) is 0. The van der Waals surface area contributed by atoms with E-state index < -0.39 is 0 Å². The SMILES string of the molecule is CC(=O)NCCCCc1ccc(OCc2cccc(-c3ccccc3)c2C)cc1OCc1cccc(-n2cccc2)c1. The maximum Gasteiger partial charge on any atom is 0.216 e. The third kappa shape index (κ3) is 7.70. The Morgan fingerprint density at radius 2 is 1.57 bits per heavy atom. The van der Waals surface area contributed by atoms with Crippen molar-refractivity contribution in [3.05, 3.63) is 138 Å². The van der Waals surface area contributed by atoms with Crippen LogP contribution in [0, 0.1) is 6.92 Å². The first-order valence-corrected chi connectivity index (χ1v) is 14.6. The van der Waals surface area contributed by atoms with Gasteiger partial charge in [-0.2, -0.15) is 0 Å². The normalized spacial score (nSPS) is 10.8. The fourth-order valence-electron chi connectivity index (χ4n) is 5.08. The Kier molecular flexibility index (Phi) is 9.73. The summed E-state index contributed by atoms with van der Waals surface area (Å²) in [5.41, 5.74) is 8.13. The zero-order chi connectivity index (χ0) is 29.1. The number of nitrogens with one attached hydrogen (secondary N) is 1. The molecule has 42 heavy (non-hydrogen) atoms. The molecule has 0 unspecified atom stereocenters. The highest BCUT2D eigenvalue weighted by Gasteiger charge is 2.11. The molecule has 0 bridgehead atoms. The first-order chi connectivity index (χ1) is 20.6. The largest absolute Gasteiger partial charge is 0.489 e. The van der Waals surface area contributed by atoms with Crippen LogP contribution >= 0.6 is 0 Å². The van der Waals surface area contributed by atoms with E-state index in [4.69, 9.17) is 9.47 Å². The number of rotatable bonds is 13. The Labute approximate surface area is 248 Å². The first-order valence-electron chi connectivity index (χ1n) is 14.6. The van der Waals surface area contributed by atoms with Gasteiger partial charge in [0, 0.05) is 37.6 Å². The second kappa shape index (κ2) is 14.2. The maximum atomic E-state index is 11.2. The smallest absolute Gasteiger partial charge is 0.216 e. The lowest BCUT2D eigenvalue weighted by Crippen LogP contribution is -2.20. The molecule has 0 radical (unpaired) electrons. The number of aryl methyl sites for hydroxylation is 1. The predicted octanol–water partition coefficient (Wildman–Crippen LogP) is 8.07. The molecule has 0 aliphatic carbocycles. The molecule has 0 saturated carbocycles. The summed E-state index contributed by atoms with van der Waals surface area (Å²) in [6, 6.07) is 35.4. The van der Waals surface area contributed by atoms with Gasteiger partial charge >= 0.3 is 0 Å². The molecule has 5 nitrogen and oxygen atoms in total. The molecule has 214 valence electrons. The van der Waals surface area contributed by atoms with Crippen LogP contribution in [-0.4, -0.2) is 17.0 Å². The van der Waals surface area contributed by atoms with E-state index in [2.05, 4.69) is 89.6 Å². The number of carbonyl (C=O) groups is 1. The molecule has 0 aliphatic rings. The molecular weight excluding hydrogens is 520 g/mol. The molecular formula is C37H38N2O3. The molecule has 0 fully saturated rings. The van der Waals surface area contributed by atoms with Crippen molar-refractivity contribution in [2.75, 3.05) is 6.54 Å². The third-order valence-corrected chi connectivity index (χ3v) is 7.42. The van der Waals surface area contributed by atoms with Gasteiger partial charge < -0.3 is 19.4 Å². The Morgan fingerprint density at radius 1 is 0.762 bits per heavy atom. The van der Waals surface area contributed by atoms with E-state index in [-0.39, 0.29) is 5.91 Å². The van der Waals surface area contributed by atoms with Crippen LogP contribution < -0.4 is 14.8 Å². The Morgan fingerprint density at radius 3 is 2.38 bits per heavy atom. The Balaban J connectivity index is 1.30. The lowest BCUT2D eigenvalue weighted by Gasteiger charge is -2.16. The zero-order valence-electron chi connectivity index (χ0n) is 24.4. The highest BCUT2D eigenvalue weighted by Crippen LogP contribution is 2.30. The van der Waals surface area contributed by atoms with Crippen molar-refractivity contribution in [2.24, 2.45) is 0 Å². The Bertz CT molecular complexity index is 1590. The summed E-state index contributed by atoms with van der Waals surface area (Å²) in [6.45, 7) is 5.31. The number of nitrogens with zero attached hydrogens (tertiary/aromatic N) is 1. The van der Waals surface area contributed by atoms with E-state index in [0.29, 0.717) is 19.8 Å².